The third kappa shape index (κ3) is 4.60. The Kier molecular flexibility index (Phi) is 5.76. The van der Waals surface area contributed by atoms with Gasteiger partial charge in [0.15, 0.2) is 0 Å². The van der Waals surface area contributed by atoms with Gasteiger partial charge < -0.3 is 20.6 Å². The highest BCUT2D eigenvalue weighted by atomic mass is 16.4. The van der Waals surface area contributed by atoms with E-state index in [1.165, 1.54) is 0 Å². The molecule has 1 atom stereocenters. The third-order valence-electron chi connectivity index (χ3n) is 2.93. The van der Waals surface area contributed by atoms with Crippen molar-refractivity contribution in [3.8, 4) is 0 Å². The number of nitrogens with zero attached hydrogens (tertiary/aromatic N) is 1. The van der Waals surface area contributed by atoms with E-state index in [4.69, 9.17) is 5.11 Å². The summed E-state index contributed by atoms with van der Waals surface area (Å²) in [7, 11) is 1.87. The summed E-state index contributed by atoms with van der Waals surface area (Å²) in [4.78, 5) is 24.1. The molecule has 3 N–H and O–H groups in total. The van der Waals surface area contributed by atoms with Gasteiger partial charge in [0.2, 0.25) is 0 Å². The van der Waals surface area contributed by atoms with E-state index >= 15 is 0 Å². The lowest BCUT2D eigenvalue weighted by Crippen LogP contribution is -2.44. The Labute approximate surface area is 101 Å². The lowest BCUT2D eigenvalue weighted by Gasteiger charge is -2.23. The number of carbonyl (C=O) groups excluding carboxylic acids is 1. The van der Waals surface area contributed by atoms with Gasteiger partial charge in [-0.25, -0.2) is 4.79 Å². The van der Waals surface area contributed by atoms with Crippen LogP contribution in [0, 0.1) is 0 Å². The summed E-state index contributed by atoms with van der Waals surface area (Å²) in [6.07, 6.45) is 2.60. The second-order valence-electron chi connectivity index (χ2n) is 4.28. The second kappa shape index (κ2) is 7.11. The molecule has 0 spiro atoms. The molecule has 2 amide bonds. The molecule has 0 aliphatic carbocycles. The number of carboxylic acid groups (broad SMARTS) is 1. The quantitative estimate of drug-likeness (QED) is 0.584. The summed E-state index contributed by atoms with van der Waals surface area (Å²) in [6, 6.07) is -0.276. The summed E-state index contributed by atoms with van der Waals surface area (Å²) in [5.41, 5.74) is 0. The number of urea groups is 1. The number of aliphatic carboxylic acids is 1. The maximum absolute atomic E-state index is 11.8. The highest BCUT2D eigenvalue weighted by molar-refractivity contribution is 5.76. The molecule has 1 aliphatic heterocycles. The van der Waals surface area contributed by atoms with Crippen LogP contribution in [0.15, 0.2) is 0 Å². The fourth-order valence-corrected chi connectivity index (χ4v) is 2.08. The van der Waals surface area contributed by atoms with E-state index in [1.807, 2.05) is 7.05 Å². The van der Waals surface area contributed by atoms with Gasteiger partial charge in [-0.05, 0) is 32.9 Å². The van der Waals surface area contributed by atoms with Gasteiger partial charge in [-0.1, -0.05) is 0 Å². The number of nitrogens with one attached hydrogen (secondary N) is 2. The van der Waals surface area contributed by atoms with Crippen LogP contribution in [0.4, 0.5) is 4.79 Å². The first-order chi connectivity index (χ1) is 8.15. The third-order valence-corrected chi connectivity index (χ3v) is 2.93. The van der Waals surface area contributed by atoms with Crippen LogP contribution in [0.3, 0.4) is 0 Å². The van der Waals surface area contributed by atoms with Gasteiger partial charge in [0.25, 0.3) is 0 Å². The summed E-state index contributed by atoms with van der Waals surface area (Å²) in [6.45, 7) is 2.14. The van der Waals surface area contributed by atoms with Gasteiger partial charge in [-0.2, -0.15) is 0 Å². The van der Waals surface area contributed by atoms with Crippen molar-refractivity contribution < 1.29 is 14.7 Å². The molecule has 1 heterocycles. The standard InChI is InChI=1S/C11H21N3O3/c1-12-5-3-6-13-11(17)14-7-2-4-9(14)8-10(15)16/h9,12H,2-8H2,1H3,(H,13,17)(H,15,16). The molecule has 0 aromatic carbocycles. The smallest absolute Gasteiger partial charge is 0.317 e. The molecule has 98 valence electrons. The summed E-state index contributed by atoms with van der Waals surface area (Å²) >= 11 is 0. The van der Waals surface area contributed by atoms with Gasteiger partial charge in [-0.3, -0.25) is 4.79 Å². The van der Waals surface area contributed by atoms with Crippen molar-refractivity contribution in [1.29, 1.82) is 0 Å². The molecule has 0 aromatic rings. The molecule has 0 bridgehead atoms. The fourth-order valence-electron chi connectivity index (χ4n) is 2.08. The molecule has 1 aliphatic rings. The van der Waals surface area contributed by atoms with Crippen LogP contribution < -0.4 is 10.6 Å². The zero-order valence-electron chi connectivity index (χ0n) is 10.2. The molecule has 17 heavy (non-hydrogen) atoms. The molecular weight excluding hydrogens is 222 g/mol. The minimum absolute atomic E-state index is 0.0456. The van der Waals surface area contributed by atoms with Gasteiger partial charge in [0.05, 0.1) is 6.42 Å². The first kappa shape index (κ1) is 13.8. The predicted molar refractivity (Wildman–Crippen MR) is 63.9 cm³/mol. The number of carbonyl (C=O) groups is 2. The molecule has 1 unspecified atom stereocenters. The van der Waals surface area contributed by atoms with Gasteiger partial charge in [0.1, 0.15) is 0 Å². The van der Waals surface area contributed by atoms with Crippen LogP contribution in [0.25, 0.3) is 0 Å². The Morgan fingerprint density at radius 1 is 1.41 bits per heavy atom. The zero-order valence-corrected chi connectivity index (χ0v) is 10.2. The molecule has 0 saturated carbocycles. The molecule has 0 radical (unpaired) electrons. The van der Waals surface area contributed by atoms with E-state index in [1.54, 1.807) is 4.90 Å². The van der Waals surface area contributed by atoms with Crippen molar-refractivity contribution in [2.45, 2.75) is 31.7 Å². The van der Waals surface area contributed by atoms with Gasteiger partial charge >= 0.3 is 12.0 Å². The predicted octanol–water partition coefficient (Wildman–Crippen LogP) is 0.245. The number of amides is 2. The summed E-state index contributed by atoms with van der Waals surface area (Å²) in [5.74, 6) is -0.843. The van der Waals surface area contributed by atoms with Crippen molar-refractivity contribution in [3.05, 3.63) is 0 Å². The maximum Gasteiger partial charge on any atom is 0.317 e. The minimum Gasteiger partial charge on any atom is -0.481 e. The fraction of sp³-hybridized carbons (Fsp3) is 0.818. The molecular formula is C11H21N3O3. The first-order valence-corrected chi connectivity index (χ1v) is 6.06. The Bertz CT molecular complexity index is 271. The number of rotatable bonds is 6. The van der Waals surface area contributed by atoms with E-state index in [0.29, 0.717) is 13.1 Å². The average molecular weight is 243 g/mol. The van der Waals surface area contributed by atoms with Crippen LogP contribution in [-0.4, -0.2) is 54.7 Å². The Morgan fingerprint density at radius 2 is 2.18 bits per heavy atom. The molecule has 1 saturated heterocycles. The zero-order chi connectivity index (χ0) is 12.7. The normalized spacial score (nSPS) is 19.4. The first-order valence-electron chi connectivity index (χ1n) is 6.06. The average Bonchev–Trinajstić information content (AvgIpc) is 2.71. The SMILES string of the molecule is CNCCCNC(=O)N1CCCC1CC(=O)O. The topological polar surface area (TPSA) is 81.7 Å². The maximum atomic E-state index is 11.8. The Morgan fingerprint density at radius 3 is 2.82 bits per heavy atom. The summed E-state index contributed by atoms with van der Waals surface area (Å²) in [5, 5.41) is 14.6. The second-order valence-corrected chi connectivity index (χ2v) is 4.28. The molecule has 1 fully saturated rings. The number of likely N-dealkylation sites (tertiary alicyclic amines) is 1. The van der Waals surface area contributed by atoms with E-state index < -0.39 is 5.97 Å². The van der Waals surface area contributed by atoms with Crippen molar-refractivity contribution >= 4 is 12.0 Å². The van der Waals surface area contributed by atoms with E-state index in [0.717, 1.165) is 25.8 Å². The highest BCUT2D eigenvalue weighted by Gasteiger charge is 2.29. The van der Waals surface area contributed by atoms with Crippen LogP contribution in [0.5, 0.6) is 0 Å². The van der Waals surface area contributed by atoms with Gasteiger partial charge in [-0.15, -0.1) is 0 Å². The van der Waals surface area contributed by atoms with Gasteiger partial charge in [0, 0.05) is 19.1 Å². The molecule has 1 rings (SSSR count). The van der Waals surface area contributed by atoms with E-state index in [-0.39, 0.29) is 18.5 Å². The monoisotopic (exact) mass is 243 g/mol. The Balaban J connectivity index is 2.31. The number of carboxylic acids is 1. The number of hydrogen-bond donors (Lipinski definition) is 3. The molecule has 6 nitrogen and oxygen atoms in total. The van der Waals surface area contributed by atoms with Crippen LogP contribution in [0.1, 0.15) is 25.7 Å². The molecule has 0 aromatic heterocycles. The highest BCUT2D eigenvalue weighted by Crippen LogP contribution is 2.19. The van der Waals surface area contributed by atoms with Crippen molar-refractivity contribution in [2.24, 2.45) is 0 Å². The van der Waals surface area contributed by atoms with Crippen molar-refractivity contribution in [2.75, 3.05) is 26.7 Å². The Hall–Kier alpha value is -1.30. The van der Waals surface area contributed by atoms with Crippen LogP contribution >= 0.6 is 0 Å². The summed E-state index contributed by atoms with van der Waals surface area (Å²) < 4.78 is 0. The lowest BCUT2D eigenvalue weighted by molar-refractivity contribution is -0.137. The minimum atomic E-state index is -0.843. The number of hydrogen-bond acceptors (Lipinski definition) is 3. The van der Waals surface area contributed by atoms with E-state index in [9.17, 15) is 9.59 Å². The van der Waals surface area contributed by atoms with E-state index in [2.05, 4.69) is 10.6 Å². The molecule has 6 heteroatoms. The van der Waals surface area contributed by atoms with Crippen molar-refractivity contribution in [1.82, 2.24) is 15.5 Å². The largest absolute Gasteiger partial charge is 0.481 e. The lowest BCUT2D eigenvalue weighted by atomic mass is 10.1. The van der Waals surface area contributed by atoms with Crippen LogP contribution in [-0.2, 0) is 4.79 Å². The van der Waals surface area contributed by atoms with Crippen molar-refractivity contribution in [3.63, 3.8) is 0 Å². The van der Waals surface area contributed by atoms with Crippen LogP contribution in [0.2, 0.25) is 0 Å².